The molecule has 1 N–H and O–H groups in total. The number of hydrogen-bond donors (Lipinski definition) is 1. The summed E-state index contributed by atoms with van der Waals surface area (Å²) in [6.07, 6.45) is 2.57. The van der Waals surface area contributed by atoms with Crippen molar-refractivity contribution in [3.8, 4) is 10.6 Å². The molecule has 1 aromatic carbocycles. The Morgan fingerprint density at radius 2 is 2.21 bits per heavy atom. The third kappa shape index (κ3) is 2.49. The molecular formula is C15H17BrN2S. The van der Waals surface area contributed by atoms with Crippen molar-refractivity contribution in [1.29, 1.82) is 0 Å². The van der Waals surface area contributed by atoms with E-state index in [9.17, 15) is 0 Å². The fraction of sp³-hybridized carbons (Fsp3) is 0.400. The highest BCUT2D eigenvalue weighted by Gasteiger charge is 2.46. The van der Waals surface area contributed by atoms with E-state index in [1.54, 1.807) is 0 Å². The van der Waals surface area contributed by atoms with Crippen LogP contribution in [0.3, 0.4) is 0 Å². The Kier molecular flexibility index (Phi) is 3.50. The second-order valence-electron chi connectivity index (χ2n) is 5.25. The summed E-state index contributed by atoms with van der Waals surface area (Å²) >= 11 is 5.39. The molecule has 1 aliphatic rings. The minimum absolute atomic E-state index is 0.362. The van der Waals surface area contributed by atoms with Gasteiger partial charge in [-0.2, -0.15) is 0 Å². The van der Waals surface area contributed by atoms with Gasteiger partial charge in [0.15, 0.2) is 0 Å². The lowest BCUT2D eigenvalue weighted by Gasteiger charge is -2.12. The predicted molar refractivity (Wildman–Crippen MR) is 84.8 cm³/mol. The van der Waals surface area contributed by atoms with Crippen LogP contribution in [0.1, 0.15) is 23.4 Å². The molecule has 2 nitrogen and oxygen atoms in total. The summed E-state index contributed by atoms with van der Waals surface area (Å²) in [5.41, 5.74) is 2.77. The summed E-state index contributed by atoms with van der Waals surface area (Å²) in [6.45, 7) is 3.21. The second kappa shape index (κ2) is 5.00. The smallest absolute Gasteiger partial charge is 0.123 e. The first-order valence-electron chi connectivity index (χ1n) is 6.53. The molecule has 1 aromatic heterocycles. The topological polar surface area (TPSA) is 24.9 Å². The molecule has 0 atom stereocenters. The Labute approximate surface area is 126 Å². The first kappa shape index (κ1) is 13.3. The van der Waals surface area contributed by atoms with Gasteiger partial charge in [0.05, 0.1) is 5.69 Å². The van der Waals surface area contributed by atoms with Crippen LogP contribution in [0.25, 0.3) is 10.6 Å². The van der Waals surface area contributed by atoms with Crippen LogP contribution in [0.4, 0.5) is 0 Å². The van der Waals surface area contributed by atoms with E-state index in [4.69, 9.17) is 4.98 Å². The zero-order valence-corrected chi connectivity index (χ0v) is 13.6. The number of likely N-dealkylation sites (N-methyl/N-ethyl adjacent to an activating group) is 1. The van der Waals surface area contributed by atoms with E-state index < -0.39 is 0 Å². The second-order valence-corrected chi connectivity index (χ2v) is 7.17. The minimum atomic E-state index is 0.362. The highest BCUT2D eigenvalue weighted by atomic mass is 79.9. The summed E-state index contributed by atoms with van der Waals surface area (Å²) in [5, 5.41) is 4.46. The molecule has 0 radical (unpaired) electrons. The van der Waals surface area contributed by atoms with Gasteiger partial charge in [0.25, 0.3) is 0 Å². The number of rotatable bonds is 4. The Morgan fingerprint density at radius 3 is 2.84 bits per heavy atom. The van der Waals surface area contributed by atoms with Gasteiger partial charge in [-0.15, -0.1) is 11.3 Å². The number of thiazole rings is 1. The number of nitrogens with zero attached hydrogens (tertiary/aromatic N) is 1. The van der Waals surface area contributed by atoms with Crippen molar-refractivity contribution in [2.45, 2.75) is 25.2 Å². The van der Waals surface area contributed by atoms with Crippen molar-refractivity contribution in [2.75, 3.05) is 13.6 Å². The third-order valence-corrected chi connectivity index (χ3v) is 5.66. The Morgan fingerprint density at radius 1 is 1.42 bits per heavy atom. The van der Waals surface area contributed by atoms with Crippen LogP contribution in [0.15, 0.2) is 28.7 Å². The standard InChI is InChI=1S/C15H17BrN2S/c1-10-13(15(6-7-15)9-17-2)19-14(18-10)11-4-3-5-12(16)8-11/h3-5,8,17H,6-7,9H2,1-2H3. The van der Waals surface area contributed by atoms with Crippen LogP contribution >= 0.6 is 27.3 Å². The number of aromatic nitrogens is 1. The first-order chi connectivity index (χ1) is 9.14. The summed E-state index contributed by atoms with van der Waals surface area (Å²) in [4.78, 5) is 6.25. The molecule has 100 valence electrons. The van der Waals surface area contributed by atoms with E-state index in [-0.39, 0.29) is 0 Å². The Bertz CT molecular complexity index is 602. The van der Waals surface area contributed by atoms with Crippen molar-refractivity contribution in [3.05, 3.63) is 39.3 Å². The maximum Gasteiger partial charge on any atom is 0.123 e. The highest BCUT2D eigenvalue weighted by molar-refractivity contribution is 9.10. The van der Waals surface area contributed by atoms with Gasteiger partial charge in [-0.1, -0.05) is 28.1 Å². The van der Waals surface area contributed by atoms with Gasteiger partial charge in [0, 0.05) is 26.9 Å². The lowest BCUT2D eigenvalue weighted by molar-refractivity contribution is 0.630. The Balaban J connectivity index is 1.98. The molecule has 0 spiro atoms. The SMILES string of the molecule is CNCC1(c2sc(-c3cccc(Br)c3)nc2C)CC1. The van der Waals surface area contributed by atoms with E-state index in [2.05, 4.69) is 46.4 Å². The summed E-state index contributed by atoms with van der Waals surface area (Å²) in [6, 6.07) is 8.38. The number of halogens is 1. The van der Waals surface area contributed by atoms with Crippen molar-refractivity contribution >= 4 is 27.3 Å². The van der Waals surface area contributed by atoms with Crippen LogP contribution in [-0.2, 0) is 5.41 Å². The summed E-state index contributed by atoms with van der Waals surface area (Å²) in [5.74, 6) is 0. The average molecular weight is 337 g/mol. The number of benzene rings is 1. The van der Waals surface area contributed by atoms with Crippen LogP contribution < -0.4 is 5.32 Å². The lowest BCUT2D eigenvalue weighted by atomic mass is 10.0. The molecule has 1 fully saturated rings. The molecule has 0 saturated heterocycles. The van der Waals surface area contributed by atoms with Crippen molar-refractivity contribution in [2.24, 2.45) is 0 Å². The molecule has 4 heteroatoms. The maximum absolute atomic E-state index is 4.78. The minimum Gasteiger partial charge on any atom is -0.319 e. The fourth-order valence-electron chi connectivity index (χ4n) is 2.61. The van der Waals surface area contributed by atoms with E-state index in [1.807, 2.05) is 24.5 Å². The highest BCUT2D eigenvalue weighted by Crippen LogP contribution is 2.51. The monoisotopic (exact) mass is 336 g/mol. The molecule has 0 amide bonds. The van der Waals surface area contributed by atoms with Gasteiger partial charge in [0.1, 0.15) is 5.01 Å². The molecule has 19 heavy (non-hydrogen) atoms. The molecule has 1 saturated carbocycles. The van der Waals surface area contributed by atoms with Crippen LogP contribution in [0.2, 0.25) is 0 Å². The zero-order valence-electron chi connectivity index (χ0n) is 11.2. The van der Waals surface area contributed by atoms with Crippen LogP contribution in [0, 0.1) is 6.92 Å². The van der Waals surface area contributed by atoms with Gasteiger partial charge >= 0.3 is 0 Å². The molecule has 2 aromatic rings. The quantitative estimate of drug-likeness (QED) is 0.907. The van der Waals surface area contributed by atoms with E-state index >= 15 is 0 Å². The number of hydrogen-bond acceptors (Lipinski definition) is 3. The molecule has 1 heterocycles. The zero-order chi connectivity index (χ0) is 13.5. The average Bonchev–Trinajstić information content (AvgIpc) is 3.05. The maximum atomic E-state index is 4.78. The van der Waals surface area contributed by atoms with Gasteiger partial charge < -0.3 is 5.32 Å². The molecule has 0 unspecified atom stereocenters. The molecular weight excluding hydrogens is 320 g/mol. The number of nitrogens with one attached hydrogen (secondary N) is 1. The van der Waals surface area contributed by atoms with Gasteiger partial charge in [-0.25, -0.2) is 4.98 Å². The molecule has 3 rings (SSSR count). The largest absolute Gasteiger partial charge is 0.319 e. The van der Waals surface area contributed by atoms with Gasteiger partial charge in [-0.05, 0) is 38.9 Å². The lowest BCUT2D eigenvalue weighted by Crippen LogP contribution is -2.23. The fourth-order valence-corrected chi connectivity index (χ4v) is 4.31. The summed E-state index contributed by atoms with van der Waals surface area (Å²) in [7, 11) is 2.03. The van der Waals surface area contributed by atoms with Crippen LogP contribution in [-0.4, -0.2) is 18.6 Å². The molecule has 0 aliphatic heterocycles. The predicted octanol–water partition coefficient (Wildman–Crippen LogP) is 4.13. The summed E-state index contributed by atoms with van der Waals surface area (Å²) < 4.78 is 1.11. The normalized spacial score (nSPS) is 16.6. The van der Waals surface area contributed by atoms with Crippen molar-refractivity contribution in [3.63, 3.8) is 0 Å². The third-order valence-electron chi connectivity index (χ3n) is 3.72. The van der Waals surface area contributed by atoms with Gasteiger partial charge in [0.2, 0.25) is 0 Å². The van der Waals surface area contributed by atoms with E-state index in [0.717, 1.165) is 16.0 Å². The molecule has 0 bridgehead atoms. The van der Waals surface area contributed by atoms with Gasteiger partial charge in [-0.3, -0.25) is 0 Å². The van der Waals surface area contributed by atoms with Crippen molar-refractivity contribution < 1.29 is 0 Å². The Hall–Kier alpha value is -0.710. The number of aryl methyl sites for hydroxylation is 1. The van der Waals surface area contributed by atoms with Crippen molar-refractivity contribution in [1.82, 2.24) is 10.3 Å². The van der Waals surface area contributed by atoms with E-state index in [0.29, 0.717) is 5.41 Å². The van der Waals surface area contributed by atoms with E-state index in [1.165, 1.54) is 29.0 Å². The van der Waals surface area contributed by atoms with Crippen LogP contribution in [0.5, 0.6) is 0 Å². The molecule has 1 aliphatic carbocycles. The first-order valence-corrected chi connectivity index (χ1v) is 8.14.